The first kappa shape index (κ1) is 19.3. The van der Waals surface area contributed by atoms with E-state index in [1.54, 1.807) is 24.8 Å². The van der Waals surface area contributed by atoms with Crippen molar-refractivity contribution >= 4 is 50.6 Å². The molecule has 9 heteroatoms. The first-order chi connectivity index (χ1) is 14.6. The van der Waals surface area contributed by atoms with Gasteiger partial charge in [0, 0.05) is 10.6 Å². The maximum atomic E-state index is 12.4. The molecule has 0 aliphatic heterocycles. The van der Waals surface area contributed by atoms with Crippen LogP contribution in [-0.4, -0.2) is 38.4 Å². The molecule has 4 aromatic rings. The number of carbonyl (C=O) groups excluding carboxylic acids is 1. The average Bonchev–Trinajstić information content (AvgIpc) is 3.32. The number of carbonyl (C=O) groups is 1. The summed E-state index contributed by atoms with van der Waals surface area (Å²) in [7, 11) is 1.61. The van der Waals surface area contributed by atoms with Crippen LogP contribution in [0.3, 0.4) is 0 Å². The average molecular weight is 440 g/mol. The number of amides is 1. The van der Waals surface area contributed by atoms with Crippen molar-refractivity contribution < 1.29 is 9.53 Å². The number of hydrogen-bond acceptors (Lipinski definition) is 7. The predicted octanol–water partition coefficient (Wildman–Crippen LogP) is 4.20. The molecule has 3 aromatic heterocycles. The van der Waals surface area contributed by atoms with E-state index in [2.05, 4.69) is 27.4 Å². The topological polar surface area (TPSA) is 81.4 Å². The van der Waals surface area contributed by atoms with E-state index in [4.69, 9.17) is 4.74 Å². The number of nitrogens with one attached hydrogen (secondary N) is 1. The Labute approximate surface area is 181 Å². The molecule has 1 aliphatic rings. The van der Waals surface area contributed by atoms with Gasteiger partial charge in [0.05, 0.1) is 18.2 Å². The van der Waals surface area contributed by atoms with Gasteiger partial charge < -0.3 is 10.1 Å². The van der Waals surface area contributed by atoms with Crippen LogP contribution in [0.4, 0.5) is 5.69 Å². The first-order valence-electron chi connectivity index (χ1n) is 9.83. The minimum absolute atomic E-state index is 0.0992. The molecule has 0 bridgehead atoms. The van der Waals surface area contributed by atoms with Crippen LogP contribution < -0.4 is 10.1 Å². The third kappa shape index (κ3) is 3.52. The van der Waals surface area contributed by atoms with Crippen LogP contribution in [0.5, 0.6) is 5.75 Å². The highest BCUT2D eigenvalue weighted by Gasteiger charge is 2.24. The summed E-state index contributed by atoms with van der Waals surface area (Å²) in [6.45, 7) is 2.30. The van der Waals surface area contributed by atoms with Crippen LogP contribution in [0.2, 0.25) is 0 Å². The van der Waals surface area contributed by atoms with Crippen LogP contribution >= 0.6 is 23.1 Å². The Hall–Kier alpha value is -2.65. The lowest BCUT2D eigenvalue weighted by Gasteiger charge is -2.17. The maximum absolute atomic E-state index is 12.4. The lowest BCUT2D eigenvalue weighted by atomic mass is 9.89. The summed E-state index contributed by atoms with van der Waals surface area (Å²) in [4.78, 5) is 19.5. The zero-order valence-corrected chi connectivity index (χ0v) is 18.3. The normalized spacial score (nSPS) is 16.0. The molecule has 3 heterocycles. The summed E-state index contributed by atoms with van der Waals surface area (Å²) in [6.07, 6.45) is 5.15. The summed E-state index contributed by atoms with van der Waals surface area (Å²) >= 11 is 3.13. The minimum Gasteiger partial charge on any atom is -0.497 e. The van der Waals surface area contributed by atoms with Gasteiger partial charge in [-0.2, -0.15) is 0 Å². The van der Waals surface area contributed by atoms with Crippen molar-refractivity contribution in [3.8, 4) is 5.75 Å². The lowest BCUT2D eigenvalue weighted by molar-refractivity contribution is -0.113. The van der Waals surface area contributed by atoms with Gasteiger partial charge in [-0.15, -0.1) is 21.5 Å². The number of fused-ring (bicyclic) bond motifs is 5. The van der Waals surface area contributed by atoms with E-state index in [9.17, 15) is 4.79 Å². The fourth-order valence-electron chi connectivity index (χ4n) is 3.82. The number of thiophene rings is 1. The largest absolute Gasteiger partial charge is 0.497 e. The van der Waals surface area contributed by atoms with Crippen molar-refractivity contribution in [2.45, 2.75) is 31.3 Å². The number of ether oxygens (including phenoxy) is 1. The van der Waals surface area contributed by atoms with Gasteiger partial charge in [0.2, 0.25) is 5.91 Å². The summed E-state index contributed by atoms with van der Waals surface area (Å²) in [6, 6.07) is 7.26. The van der Waals surface area contributed by atoms with Crippen LogP contribution in [0.25, 0.3) is 15.9 Å². The highest BCUT2D eigenvalue weighted by Crippen LogP contribution is 2.39. The second-order valence-electron chi connectivity index (χ2n) is 7.52. The molecule has 0 saturated heterocycles. The van der Waals surface area contributed by atoms with Crippen molar-refractivity contribution in [3.63, 3.8) is 0 Å². The van der Waals surface area contributed by atoms with E-state index in [0.29, 0.717) is 5.16 Å². The van der Waals surface area contributed by atoms with Gasteiger partial charge in [-0.1, -0.05) is 18.7 Å². The Morgan fingerprint density at radius 3 is 2.97 bits per heavy atom. The van der Waals surface area contributed by atoms with Gasteiger partial charge in [0.1, 0.15) is 16.9 Å². The van der Waals surface area contributed by atoms with Gasteiger partial charge in [0.15, 0.2) is 10.8 Å². The molecule has 154 valence electrons. The van der Waals surface area contributed by atoms with Gasteiger partial charge in [-0.25, -0.2) is 4.98 Å². The molecular weight excluding hydrogens is 418 g/mol. The Bertz CT molecular complexity index is 1230. The van der Waals surface area contributed by atoms with E-state index in [1.807, 2.05) is 28.7 Å². The molecule has 0 saturated carbocycles. The van der Waals surface area contributed by atoms with Crippen molar-refractivity contribution in [1.29, 1.82) is 0 Å². The minimum atomic E-state index is -0.0992. The van der Waals surface area contributed by atoms with E-state index >= 15 is 0 Å². The Morgan fingerprint density at radius 1 is 1.33 bits per heavy atom. The Balaban J connectivity index is 1.35. The second kappa shape index (κ2) is 7.88. The van der Waals surface area contributed by atoms with Crippen molar-refractivity contribution in [2.24, 2.45) is 5.92 Å². The third-order valence-electron chi connectivity index (χ3n) is 5.38. The van der Waals surface area contributed by atoms with Crippen LogP contribution in [0, 0.1) is 5.92 Å². The molecule has 1 aromatic carbocycles. The number of hydrogen-bond donors (Lipinski definition) is 1. The standard InChI is InChI=1S/C21H21N5O2S2/c1-12-3-8-15-16(9-12)30-20-18(15)19-24-25-21(26(19)11-22-20)29-10-17(27)23-13-4-6-14(28-2)7-5-13/h4-7,11-12H,3,8-10H2,1-2H3,(H,23,27)/t12-/m0/s1. The lowest BCUT2D eigenvalue weighted by Crippen LogP contribution is -2.14. The second-order valence-corrected chi connectivity index (χ2v) is 9.54. The number of benzene rings is 1. The molecule has 1 aliphatic carbocycles. The SMILES string of the molecule is COc1ccc(NC(=O)CSc2nnc3c4c5c(sc4ncn23)C[C@@H](C)CC5)cc1. The van der Waals surface area contributed by atoms with E-state index < -0.39 is 0 Å². The quantitative estimate of drug-likeness (QED) is 0.469. The fourth-order valence-corrected chi connectivity index (χ4v) is 5.87. The Kier molecular flexibility index (Phi) is 5.08. The van der Waals surface area contributed by atoms with Gasteiger partial charge in [-0.3, -0.25) is 9.20 Å². The summed E-state index contributed by atoms with van der Waals surface area (Å²) < 4.78 is 7.04. The Morgan fingerprint density at radius 2 is 2.17 bits per heavy atom. The van der Waals surface area contributed by atoms with Crippen LogP contribution in [0.15, 0.2) is 35.7 Å². The number of thioether (sulfide) groups is 1. The van der Waals surface area contributed by atoms with E-state index in [0.717, 1.165) is 46.1 Å². The molecular formula is C21H21N5O2S2. The van der Waals surface area contributed by atoms with E-state index in [1.165, 1.54) is 28.6 Å². The fraction of sp³-hybridized carbons (Fsp3) is 0.333. The molecule has 0 radical (unpaired) electrons. The third-order valence-corrected chi connectivity index (χ3v) is 7.48. The van der Waals surface area contributed by atoms with Crippen molar-refractivity contribution in [2.75, 3.05) is 18.2 Å². The molecule has 5 rings (SSSR count). The van der Waals surface area contributed by atoms with Crippen molar-refractivity contribution in [3.05, 3.63) is 41.0 Å². The number of aromatic nitrogens is 4. The molecule has 1 N–H and O–H groups in total. The molecule has 1 atom stereocenters. The highest BCUT2D eigenvalue weighted by atomic mass is 32.2. The zero-order chi connectivity index (χ0) is 20.7. The highest BCUT2D eigenvalue weighted by molar-refractivity contribution is 7.99. The number of nitrogens with zero attached hydrogens (tertiary/aromatic N) is 4. The van der Waals surface area contributed by atoms with Crippen LogP contribution in [-0.2, 0) is 17.6 Å². The predicted molar refractivity (Wildman–Crippen MR) is 120 cm³/mol. The monoisotopic (exact) mass is 439 g/mol. The summed E-state index contributed by atoms with van der Waals surface area (Å²) in [5.74, 6) is 1.61. The molecule has 0 unspecified atom stereocenters. The first-order valence-corrected chi connectivity index (χ1v) is 11.6. The molecule has 7 nitrogen and oxygen atoms in total. The van der Waals surface area contributed by atoms with Crippen LogP contribution in [0.1, 0.15) is 23.8 Å². The number of aryl methyl sites for hydroxylation is 1. The molecule has 0 fully saturated rings. The smallest absolute Gasteiger partial charge is 0.234 e. The number of rotatable bonds is 5. The summed E-state index contributed by atoms with van der Waals surface area (Å²) in [5, 5.41) is 13.5. The molecule has 30 heavy (non-hydrogen) atoms. The zero-order valence-electron chi connectivity index (χ0n) is 16.7. The molecule has 1 amide bonds. The number of anilines is 1. The maximum Gasteiger partial charge on any atom is 0.234 e. The number of methoxy groups -OCH3 is 1. The van der Waals surface area contributed by atoms with E-state index in [-0.39, 0.29) is 11.7 Å². The molecule has 0 spiro atoms. The van der Waals surface area contributed by atoms with Gasteiger partial charge in [-0.05, 0) is 55.0 Å². The van der Waals surface area contributed by atoms with Gasteiger partial charge >= 0.3 is 0 Å². The summed E-state index contributed by atoms with van der Waals surface area (Å²) in [5.41, 5.74) is 2.95. The van der Waals surface area contributed by atoms with Crippen molar-refractivity contribution in [1.82, 2.24) is 19.6 Å². The van der Waals surface area contributed by atoms with Gasteiger partial charge in [0.25, 0.3) is 0 Å².